The fourth-order valence-corrected chi connectivity index (χ4v) is 3.21. The molecule has 1 aliphatic heterocycles. The Morgan fingerprint density at radius 3 is 2.34 bits per heavy atom. The van der Waals surface area contributed by atoms with Crippen molar-refractivity contribution in [1.82, 2.24) is 15.5 Å². The molecule has 14 heteroatoms. The summed E-state index contributed by atoms with van der Waals surface area (Å²) < 4.78 is 0. The Morgan fingerprint density at radius 2 is 1.78 bits per heavy atom. The molecule has 14 nitrogen and oxygen atoms in total. The number of guanidine groups is 1. The van der Waals surface area contributed by atoms with Crippen LogP contribution < -0.4 is 27.8 Å². The highest BCUT2D eigenvalue weighted by atomic mass is 16.4. The summed E-state index contributed by atoms with van der Waals surface area (Å²) in [6.45, 7) is 1.78. The highest BCUT2D eigenvalue weighted by molar-refractivity contribution is 5.94. The largest absolute Gasteiger partial charge is 0.481 e. The van der Waals surface area contributed by atoms with Gasteiger partial charge in [-0.1, -0.05) is 0 Å². The lowest BCUT2D eigenvalue weighted by Crippen LogP contribution is -2.56. The van der Waals surface area contributed by atoms with Gasteiger partial charge < -0.3 is 42.9 Å². The van der Waals surface area contributed by atoms with Gasteiger partial charge in [0.2, 0.25) is 17.7 Å². The number of carbonyl (C=O) groups excluding carboxylic acids is 3. The first-order valence-corrected chi connectivity index (χ1v) is 10.1. The van der Waals surface area contributed by atoms with Crippen molar-refractivity contribution in [2.45, 2.75) is 63.2 Å². The zero-order valence-corrected chi connectivity index (χ0v) is 17.8. The van der Waals surface area contributed by atoms with Crippen LogP contribution in [0.2, 0.25) is 0 Å². The molecule has 180 valence electrons. The van der Waals surface area contributed by atoms with E-state index < -0.39 is 60.2 Å². The summed E-state index contributed by atoms with van der Waals surface area (Å²) in [7, 11) is 0. The standard InChI is InChI=1S/C18H31N7O7/c1-9(23-15(29)10(19)8-13(26)27)14(28)24-11(4-2-6-22-18(20)21)16(30)25-7-3-5-12(25)17(31)32/h9-12H,2-8,19H2,1H3,(H,23,29)(H,24,28)(H,26,27)(H,31,32)(H4,20,21,22). The molecule has 1 aliphatic rings. The van der Waals surface area contributed by atoms with Crippen LogP contribution in [0.1, 0.15) is 39.0 Å². The molecule has 0 aromatic carbocycles. The number of rotatable bonds is 12. The predicted molar refractivity (Wildman–Crippen MR) is 112 cm³/mol. The summed E-state index contributed by atoms with van der Waals surface area (Å²) in [5, 5.41) is 22.9. The molecule has 3 amide bonds. The van der Waals surface area contributed by atoms with Crippen molar-refractivity contribution in [1.29, 1.82) is 0 Å². The Labute approximate surface area is 184 Å². The van der Waals surface area contributed by atoms with E-state index in [0.717, 1.165) is 0 Å². The molecule has 1 heterocycles. The fraction of sp³-hybridized carbons (Fsp3) is 0.667. The van der Waals surface area contributed by atoms with Gasteiger partial charge in [-0.25, -0.2) is 4.79 Å². The SMILES string of the molecule is CC(NC(=O)C(N)CC(=O)O)C(=O)NC(CCCN=C(N)N)C(=O)N1CCCC1C(=O)O. The molecule has 4 unspecified atom stereocenters. The molecule has 0 bridgehead atoms. The third-order valence-corrected chi connectivity index (χ3v) is 4.86. The van der Waals surface area contributed by atoms with E-state index in [2.05, 4.69) is 15.6 Å². The van der Waals surface area contributed by atoms with Gasteiger partial charge in [0.05, 0.1) is 12.5 Å². The number of nitrogens with zero attached hydrogens (tertiary/aromatic N) is 2. The fourth-order valence-electron chi connectivity index (χ4n) is 3.21. The number of carbonyl (C=O) groups is 5. The average Bonchev–Trinajstić information content (AvgIpc) is 3.18. The zero-order chi connectivity index (χ0) is 24.4. The van der Waals surface area contributed by atoms with Crippen molar-refractivity contribution < 1.29 is 34.2 Å². The first kappa shape index (κ1) is 26.6. The maximum Gasteiger partial charge on any atom is 0.326 e. The van der Waals surface area contributed by atoms with Crippen molar-refractivity contribution in [2.24, 2.45) is 22.2 Å². The van der Waals surface area contributed by atoms with Gasteiger partial charge in [0.1, 0.15) is 18.1 Å². The van der Waals surface area contributed by atoms with Gasteiger partial charge >= 0.3 is 11.9 Å². The second-order valence-corrected chi connectivity index (χ2v) is 7.47. The Kier molecular flexibility index (Phi) is 10.3. The van der Waals surface area contributed by atoms with E-state index in [1.807, 2.05) is 0 Å². The van der Waals surface area contributed by atoms with Gasteiger partial charge in [0.25, 0.3) is 0 Å². The van der Waals surface area contributed by atoms with Gasteiger partial charge in [0, 0.05) is 13.1 Å². The first-order chi connectivity index (χ1) is 14.9. The number of carboxylic acid groups (broad SMARTS) is 2. The highest BCUT2D eigenvalue weighted by Gasteiger charge is 2.37. The van der Waals surface area contributed by atoms with Gasteiger partial charge in [-0.15, -0.1) is 0 Å². The van der Waals surface area contributed by atoms with Crippen LogP contribution in [0.3, 0.4) is 0 Å². The molecule has 0 aromatic heterocycles. The number of hydrogen-bond donors (Lipinski definition) is 7. The molecule has 10 N–H and O–H groups in total. The van der Waals surface area contributed by atoms with E-state index in [0.29, 0.717) is 19.3 Å². The van der Waals surface area contributed by atoms with Crippen molar-refractivity contribution in [3.8, 4) is 0 Å². The lowest BCUT2D eigenvalue weighted by molar-refractivity contribution is -0.149. The lowest BCUT2D eigenvalue weighted by Gasteiger charge is -2.28. The van der Waals surface area contributed by atoms with E-state index in [4.69, 9.17) is 22.3 Å². The summed E-state index contributed by atoms with van der Waals surface area (Å²) in [6.07, 6.45) is 0.667. The molecule has 1 rings (SSSR count). The number of aliphatic imine (C=N–C) groups is 1. The number of likely N-dealkylation sites (tertiary alicyclic amines) is 1. The number of amides is 3. The lowest BCUT2D eigenvalue weighted by atomic mass is 10.1. The van der Waals surface area contributed by atoms with Gasteiger partial charge in [-0.3, -0.25) is 24.2 Å². The number of carboxylic acids is 2. The maximum atomic E-state index is 13.0. The Morgan fingerprint density at radius 1 is 1.12 bits per heavy atom. The van der Waals surface area contributed by atoms with E-state index in [1.54, 1.807) is 0 Å². The maximum absolute atomic E-state index is 13.0. The molecule has 0 aromatic rings. The van der Waals surface area contributed by atoms with E-state index >= 15 is 0 Å². The topological polar surface area (TPSA) is 244 Å². The van der Waals surface area contributed by atoms with Crippen LogP contribution in [0, 0.1) is 0 Å². The summed E-state index contributed by atoms with van der Waals surface area (Å²) in [5.41, 5.74) is 16.0. The molecular formula is C18H31N7O7. The molecule has 32 heavy (non-hydrogen) atoms. The average molecular weight is 457 g/mol. The Hall–Kier alpha value is -3.42. The van der Waals surface area contributed by atoms with Crippen molar-refractivity contribution >= 4 is 35.6 Å². The number of nitrogens with one attached hydrogen (secondary N) is 2. The van der Waals surface area contributed by atoms with Gasteiger partial charge in [-0.05, 0) is 32.6 Å². The predicted octanol–water partition coefficient (Wildman–Crippen LogP) is -3.09. The number of aliphatic carboxylic acids is 2. The molecule has 1 saturated heterocycles. The number of nitrogens with two attached hydrogens (primary N) is 3. The van der Waals surface area contributed by atoms with Crippen molar-refractivity contribution in [3.63, 3.8) is 0 Å². The quantitative estimate of drug-likeness (QED) is 0.0884. The molecule has 0 spiro atoms. The molecule has 0 saturated carbocycles. The van der Waals surface area contributed by atoms with Gasteiger partial charge in [0.15, 0.2) is 5.96 Å². The molecule has 1 fully saturated rings. The minimum absolute atomic E-state index is 0.128. The van der Waals surface area contributed by atoms with E-state index in [9.17, 15) is 29.1 Å². The molecule has 0 radical (unpaired) electrons. The second kappa shape index (κ2) is 12.4. The monoisotopic (exact) mass is 457 g/mol. The van der Waals surface area contributed by atoms with Gasteiger partial charge in [-0.2, -0.15) is 0 Å². The molecule has 0 aliphatic carbocycles. The van der Waals surface area contributed by atoms with Crippen LogP contribution in [0.5, 0.6) is 0 Å². The highest BCUT2D eigenvalue weighted by Crippen LogP contribution is 2.19. The van der Waals surface area contributed by atoms with Crippen molar-refractivity contribution in [2.75, 3.05) is 13.1 Å². The van der Waals surface area contributed by atoms with Crippen LogP contribution in [0.4, 0.5) is 0 Å². The van der Waals surface area contributed by atoms with Crippen molar-refractivity contribution in [3.05, 3.63) is 0 Å². The summed E-state index contributed by atoms with van der Waals surface area (Å²) in [5.74, 6) is -4.64. The normalized spacial score (nSPS) is 18.2. The molecule has 4 atom stereocenters. The third-order valence-electron chi connectivity index (χ3n) is 4.86. The van der Waals surface area contributed by atoms with E-state index in [-0.39, 0.29) is 25.5 Å². The van der Waals surface area contributed by atoms with Crippen LogP contribution >= 0.6 is 0 Å². The van der Waals surface area contributed by atoms with E-state index in [1.165, 1.54) is 11.8 Å². The minimum Gasteiger partial charge on any atom is -0.481 e. The van der Waals surface area contributed by atoms with Crippen LogP contribution in [0.25, 0.3) is 0 Å². The smallest absolute Gasteiger partial charge is 0.326 e. The third kappa shape index (κ3) is 8.37. The van der Waals surface area contributed by atoms with Crippen LogP contribution in [-0.4, -0.2) is 88.0 Å². The van der Waals surface area contributed by atoms with Crippen LogP contribution in [-0.2, 0) is 24.0 Å². The zero-order valence-electron chi connectivity index (χ0n) is 17.8. The second-order valence-electron chi connectivity index (χ2n) is 7.47. The Balaban J connectivity index is 2.84. The minimum atomic E-state index is -1.35. The first-order valence-electron chi connectivity index (χ1n) is 10.1. The summed E-state index contributed by atoms with van der Waals surface area (Å²) in [6, 6.07) is -4.51. The Bertz CT molecular complexity index is 754. The summed E-state index contributed by atoms with van der Waals surface area (Å²) >= 11 is 0. The van der Waals surface area contributed by atoms with Crippen LogP contribution in [0.15, 0.2) is 4.99 Å². The number of hydrogen-bond acceptors (Lipinski definition) is 7. The summed E-state index contributed by atoms with van der Waals surface area (Å²) in [4.78, 5) is 64.7. The molecular weight excluding hydrogens is 426 g/mol.